The van der Waals surface area contributed by atoms with Gasteiger partial charge in [0.2, 0.25) is 0 Å². The maximum atomic E-state index is 13.3. The fraction of sp³-hybridized carbons (Fsp3) is 0.455. The van der Waals surface area contributed by atoms with E-state index in [4.69, 9.17) is 16.3 Å². The van der Waals surface area contributed by atoms with Crippen molar-refractivity contribution < 1.29 is 14.2 Å². The van der Waals surface area contributed by atoms with E-state index < -0.39 is 11.9 Å². The highest BCUT2D eigenvalue weighted by Crippen LogP contribution is 2.24. The van der Waals surface area contributed by atoms with Crippen LogP contribution >= 0.6 is 11.6 Å². The van der Waals surface area contributed by atoms with Gasteiger partial charge >= 0.3 is 0 Å². The number of aliphatic hydroxyl groups is 1. The molecule has 1 aromatic rings. The number of hydrogen-bond acceptors (Lipinski definition) is 2. The van der Waals surface area contributed by atoms with Gasteiger partial charge in [0.25, 0.3) is 0 Å². The normalized spacial score (nSPS) is 12.5. The molecule has 1 N–H and O–H groups in total. The van der Waals surface area contributed by atoms with Crippen LogP contribution in [0.15, 0.2) is 18.2 Å². The lowest BCUT2D eigenvalue weighted by Gasteiger charge is -2.11. The number of alkyl halides is 1. The first kappa shape index (κ1) is 12.3. The molecule has 0 fully saturated rings. The van der Waals surface area contributed by atoms with Gasteiger partial charge in [-0.15, -0.1) is 11.6 Å². The number of methoxy groups -OCH3 is 1. The Hall–Kier alpha value is -0.800. The largest absolute Gasteiger partial charge is 0.494 e. The Morgan fingerprint density at radius 3 is 2.80 bits per heavy atom. The monoisotopic (exact) mass is 232 g/mol. The highest BCUT2D eigenvalue weighted by atomic mass is 35.5. The lowest BCUT2D eigenvalue weighted by molar-refractivity contribution is 0.166. The summed E-state index contributed by atoms with van der Waals surface area (Å²) in [5.41, 5.74) is 0.554. The van der Waals surface area contributed by atoms with Gasteiger partial charge in [-0.05, 0) is 30.5 Å². The van der Waals surface area contributed by atoms with Crippen LogP contribution in [0.25, 0.3) is 0 Å². The fourth-order valence-electron chi connectivity index (χ4n) is 1.33. The topological polar surface area (TPSA) is 29.5 Å². The van der Waals surface area contributed by atoms with E-state index in [9.17, 15) is 9.50 Å². The number of halogens is 2. The van der Waals surface area contributed by atoms with E-state index in [0.717, 1.165) is 0 Å². The third kappa shape index (κ3) is 3.36. The summed E-state index contributed by atoms with van der Waals surface area (Å²) in [7, 11) is 1.40. The molecule has 1 unspecified atom stereocenters. The average molecular weight is 233 g/mol. The van der Waals surface area contributed by atoms with E-state index in [0.29, 0.717) is 24.3 Å². The van der Waals surface area contributed by atoms with Crippen molar-refractivity contribution in [2.45, 2.75) is 18.9 Å². The van der Waals surface area contributed by atoms with Crippen molar-refractivity contribution in [1.29, 1.82) is 0 Å². The fourth-order valence-corrected chi connectivity index (χ4v) is 1.48. The van der Waals surface area contributed by atoms with Crippen LogP contribution in [0.4, 0.5) is 4.39 Å². The summed E-state index contributed by atoms with van der Waals surface area (Å²) in [6, 6.07) is 4.45. The molecule has 4 heteroatoms. The summed E-state index contributed by atoms with van der Waals surface area (Å²) in [5.74, 6) is 0.221. The van der Waals surface area contributed by atoms with E-state index in [1.807, 2.05) is 0 Å². The molecule has 1 atom stereocenters. The van der Waals surface area contributed by atoms with Crippen molar-refractivity contribution in [2.24, 2.45) is 0 Å². The highest BCUT2D eigenvalue weighted by Gasteiger charge is 2.10. The number of hydrogen-bond donors (Lipinski definition) is 1. The molecule has 0 aliphatic carbocycles. The van der Waals surface area contributed by atoms with Crippen LogP contribution < -0.4 is 4.74 Å². The molecule has 0 saturated heterocycles. The van der Waals surface area contributed by atoms with Crippen molar-refractivity contribution >= 4 is 11.6 Å². The molecular weight excluding hydrogens is 219 g/mol. The average Bonchev–Trinajstić information content (AvgIpc) is 2.25. The Morgan fingerprint density at radius 2 is 2.27 bits per heavy atom. The van der Waals surface area contributed by atoms with Gasteiger partial charge in [0.05, 0.1) is 13.2 Å². The van der Waals surface area contributed by atoms with Gasteiger partial charge in [-0.1, -0.05) is 6.07 Å². The molecule has 0 radical (unpaired) electrons. The minimum absolute atomic E-state index is 0.184. The Bertz CT molecular complexity index is 317. The molecule has 0 aliphatic rings. The first-order chi connectivity index (χ1) is 7.19. The van der Waals surface area contributed by atoms with Crippen molar-refractivity contribution in [2.75, 3.05) is 13.0 Å². The van der Waals surface area contributed by atoms with Crippen LogP contribution in [0.1, 0.15) is 24.5 Å². The standard InChI is InChI=1S/C11H14ClFO2/c1-15-11-5-4-8(7-9(11)13)10(14)3-2-6-12/h4-5,7,10,14H,2-3,6H2,1H3. The van der Waals surface area contributed by atoms with Crippen molar-refractivity contribution in [1.82, 2.24) is 0 Å². The summed E-state index contributed by atoms with van der Waals surface area (Å²) < 4.78 is 18.1. The molecule has 0 aliphatic heterocycles. The zero-order valence-corrected chi connectivity index (χ0v) is 9.30. The molecule has 2 nitrogen and oxygen atoms in total. The second-order valence-corrected chi connectivity index (χ2v) is 3.62. The maximum absolute atomic E-state index is 13.3. The molecule has 0 spiro atoms. The zero-order valence-electron chi connectivity index (χ0n) is 8.54. The number of aliphatic hydroxyl groups excluding tert-OH is 1. The van der Waals surface area contributed by atoms with E-state index >= 15 is 0 Å². The van der Waals surface area contributed by atoms with Crippen LogP contribution in [0.2, 0.25) is 0 Å². The lowest BCUT2D eigenvalue weighted by Crippen LogP contribution is -1.99. The minimum atomic E-state index is -0.663. The summed E-state index contributed by atoms with van der Waals surface area (Å²) in [5, 5.41) is 9.67. The van der Waals surface area contributed by atoms with E-state index in [-0.39, 0.29) is 5.75 Å². The van der Waals surface area contributed by atoms with Crippen LogP contribution in [0, 0.1) is 5.82 Å². The van der Waals surface area contributed by atoms with Gasteiger partial charge < -0.3 is 9.84 Å². The summed E-state index contributed by atoms with van der Waals surface area (Å²) in [6.45, 7) is 0. The summed E-state index contributed by atoms with van der Waals surface area (Å²) in [6.07, 6.45) is 0.579. The zero-order chi connectivity index (χ0) is 11.3. The van der Waals surface area contributed by atoms with Gasteiger partial charge in [0.15, 0.2) is 11.6 Å². The van der Waals surface area contributed by atoms with Gasteiger partial charge in [0, 0.05) is 5.88 Å². The molecule has 1 aromatic carbocycles. The molecule has 0 heterocycles. The third-order valence-corrected chi connectivity index (χ3v) is 2.44. The number of rotatable bonds is 5. The summed E-state index contributed by atoms with van der Waals surface area (Å²) in [4.78, 5) is 0. The Morgan fingerprint density at radius 1 is 1.53 bits per heavy atom. The first-order valence-corrected chi connectivity index (χ1v) is 5.30. The lowest BCUT2D eigenvalue weighted by atomic mass is 10.1. The predicted octanol–water partition coefficient (Wildman–Crippen LogP) is 2.89. The Labute approximate surface area is 93.6 Å². The van der Waals surface area contributed by atoms with Gasteiger partial charge in [-0.3, -0.25) is 0 Å². The maximum Gasteiger partial charge on any atom is 0.165 e. The van der Waals surface area contributed by atoms with Crippen molar-refractivity contribution in [3.05, 3.63) is 29.6 Å². The third-order valence-electron chi connectivity index (χ3n) is 2.17. The van der Waals surface area contributed by atoms with Crippen LogP contribution in [0.3, 0.4) is 0 Å². The summed E-state index contributed by atoms with van der Waals surface area (Å²) >= 11 is 5.51. The van der Waals surface area contributed by atoms with Gasteiger partial charge in [-0.25, -0.2) is 4.39 Å². The van der Waals surface area contributed by atoms with Crippen LogP contribution in [-0.2, 0) is 0 Å². The minimum Gasteiger partial charge on any atom is -0.494 e. The molecule has 0 bridgehead atoms. The molecule has 0 aromatic heterocycles. The predicted molar refractivity (Wildman–Crippen MR) is 57.9 cm³/mol. The first-order valence-electron chi connectivity index (χ1n) is 4.76. The van der Waals surface area contributed by atoms with Gasteiger partial charge in [-0.2, -0.15) is 0 Å². The van der Waals surface area contributed by atoms with E-state index in [1.54, 1.807) is 6.07 Å². The van der Waals surface area contributed by atoms with Gasteiger partial charge in [0.1, 0.15) is 0 Å². The highest BCUT2D eigenvalue weighted by molar-refractivity contribution is 6.17. The molecular formula is C11H14ClFO2. The van der Waals surface area contributed by atoms with E-state index in [2.05, 4.69) is 0 Å². The second kappa shape index (κ2) is 5.93. The smallest absolute Gasteiger partial charge is 0.165 e. The van der Waals surface area contributed by atoms with Crippen LogP contribution in [-0.4, -0.2) is 18.1 Å². The Kier molecular flexibility index (Phi) is 4.85. The second-order valence-electron chi connectivity index (χ2n) is 3.24. The number of ether oxygens (including phenoxy) is 1. The van der Waals surface area contributed by atoms with Crippen molar-refractivity contribution in [3.8, 4) is 5.75 Å². The van der Waals surface area contributed by atoms with E-state index in [1.165, 1.54) is 19.2 Å². The molecule has 84 valence electrons. The van der Waals surface area contributed by atoms with Crippen molar-refractivity contribution in [3.63, 3.8) is 0 Å². The molecule has 0 amide bonds. The number of benzene rings is 1. The molecule has 15 heavy (non-hydrogen) atoms. The Balaban J connectivity index is 2.73. The quantitative estimate of drug-likeness (QED) is 0.791. The molecule has 0 saturated carbocycles. The van der Waals surface area contributed by atoms with Crippen LogP contribution in [0.5, 0.6) is 5.75 Å². The molecule has 1 rings (SSSR count). The SMILES string of the molecule is COc1ccc(C(O)CCCCl)cc1F.